The summed E-state index contributed by atoms with van der Waals surface area (Å²) in [5, 5.41) is 9.55. The lowest BCUT2D eigenvalue weighted by molar-refractivity contribution is -0.161. The fourth-order valence-corrected chi connectivity index (χ4v) is 8.08. The summed E-state index contributed by atoms with van der Waals surface area (Å²) in [7, 11) is 1.61. The first-order chi connectivity index (χ1) is 22.0. The molecule has 0 unspecified atom stereocenters. The van der Waals surface area contributed by atoms with Crippen LogP contribution in [0.1, 0.15) is 76.5 Å². The molecule has 1 saturated carbocycles. The van der Waals surface area contributed by atoms with Crippen LogP contribution in [-0.4, -0.2) is 61.1 Å². The maximum Gasteiger partial charge on any atom is 0.333 e. The number of hydrogen-bond donors (Lipinski definition) is 0. The summed E-state index contributed by atoms with van der Waals surface area (Å²) in [6.45, 7) is 7.22. The van der Waals surface area contributed by atoms with E-state index < -0.39 is 34.5 Å². The number of benzene rings is 1. The predicted octanol–water partition coefficient (Wildman–Crippen LogP) is 4.42. The summed E-state index contributed by atoms with van der Waals surface area (Å²) in [4.78, 5) is 44.6. The highest BCUT2D eigenvalue weighted by Crippen LogP contribution is 2.45. The van der Waals surface area contributed by atoms with Crippen molar-refractivity contribution in [1.29, 1.82) is 0 Å². The van der Waals surface area contributed by atoms with Crippen molar-refractivity contribution in [2.24, 2.45) is 0 Å². The first kappa shape index (κ1) is 30.8. The lowest BCUT2D eigenvalue weighted by Gasteiger charge is -2.32. The van der Waals surface area contributed by atoms with Gasteiger partial charge in [-0.25, -0.2) is 14.2 Å². The number of rotatable bonds is 9. The molecule has 2 saturated heterocycles. The second-order valence-electron chi connectivity index (χ2n) is 13.5. The molecule has 12 nitrogen and oxygen atoms in total. The number of nitrogens with zero attached hydrogens (tertiary/aromatic N) is 5. The molecule has 1 aliphatic carbocycles. The molecule has 0 N–H and O–H groups in total. The van der Waals surface area contributed by atoms with Gasteiger partial charge in [-0.1, -0.05) is 29.5 Å². The summed E-state index contributed by atoms with van der Waals surface area (Å²) < 4.78 is 27.2. The third kappa shape index (κ3) is 5.37. The smallest absolute Gasteiger partial charge is 0.333 e. The van der Waals surface area contributed by atoms with Gasteiger partial charge in [0.25, 0.3) is 5.56 Å². The number of methoxy groups -OCH3 is 1. The Kier molecular flexibility index (Phi) is 7.68. The second kappa shape index (κ2) is 11.5. The Labute approximate surface area is 269 Å². The molecule has 0 amide bonds. The van der Waals surface area contributed by atoms with Gasteiger partial charge in [-0.2, -0.15) is 10.2 Å². The SMILES string of the molecule is COc1ccccc1[C@H](Cn1c(=O)n(C2(C(=O)OC(C)(C)C)CC2)c(=O)c2c(C)c(-n3nccn3)sc21)O[C@H]1C[C@H]2CC[C@@H](C1)O2. The van der Waals surface area contributed by atoms with Gasteiger partial charge in [-0.15, -0.1) is 4.80 Å². The number of thiophene rings is 1. The summed E-state index contributed by atoms with van der Waals surface area (Å²) in [6.07, 6.45) is 6.97. The molecule has 13 heteroatoms. The van der Waals surface area contributed by atoms with Crippen molar-refractivity contribution in [2.45, 2.75) is 108 Å². The van der Waals surface area contributed by atoms with Gasteiger partial charge in [0.15, 0.2) is 5.54 Å². The molecule has 3 aliphatic rings. The van der Waals surface area contributed by atoms with Crippen LogP contribution in [0.4, 0.5) is 0 Å². The molecule has 0 radical (unpaired) electrons. The summed E-state index contributed by atoms with van der Waals surface area (Å²) in [6, 6.07) is 7.62. The summed E-state index contributed by atoms with van der Waals surface area (Å²) >= 11 is 1.26. The molecule has 3 aromatic heterocycles. The highest BCUT2D eigenvalue weighted by molar-refractivity contribution is 7.21. The Hall–Kier alpha value is -3.81. The minimum atomic E-state index is -1.38. The molecular weight excluding hydrogens is 610 g/mol. The number of fused-ring (bicyclic) bond motifs is 3. The molecule has 0 spiro atoms. The van der Waals surface area contributed by atoms with E-state index >= 15 is 0 Å². The number of ether oxygens (including phenoxy) is 4. The maximum absolute atomic E-state index is 14.7. The molecular formula is C33H39N5O7S. The lowest BCUT2D eigenvalue weighted by Crippen LogP contribution is -2.50. The number of para-hydroxylation sites is 1. The van der Waals surface area contributed by atoms with Crippen molar-refractivity contribution in [1.82, 2.24) is 24.1 Å². The molecule has 2 aliphatic heterocycles. The van der Waals surface area contributed by atoms with Gasteiger partial charge in [-0.3, -0.25) is 9.36 Å². The minimum absolute atomic E-state index is 0.0799. The van der Waals surface area contributed by atoms with E-state index in [1.54, 1.807) is 44.8 Å². The van der Waals surface area contributed by atoms with Gasteiger partial charge in [0.05, 0.1) is 49.7 Å². The van der Waals surface area contributed by atoms with Crippen molar-refractivity contribution >= 4 is 27.5 Å². The van der Waals surface area contributed by atoms with Crippen LogP contribution in [-0.2, 0) is 31.1 Å². The third-order valence-electron chi connectivity index (χ3n) is 9.16. The zero-order chi connectivity index (χ0) is 32.4. The van der Waals surface area contributed by atoms with E-state index in [0.29, 0.717) is 39.4 Å². The van der Waals surface area contributed by atoms with Crippen LogP contribution in [0.2, 0.25) is 0 Å². The van der Waals surface area contributed by atoms with E-state index in [-0.39, 0.29) is 24.9 Å². The van der Waals surface area contributed by atoms with Crippen LogP contribution < -0.4 is 16.0 Å². The summed E-state index contributed by atoms with van der Waals surface area (Å²) in [5.41, 5.74) is -1.86. The Morgan fingerprint density at radius 1 is 1.11 bits per heavy atom. The number of carbonyl (C=O) groups excluding carboxylic acids is 1. The van der Waals surface area contributed by atoms with Gasteiger partial charge in [-0.05, 0) is 72.3 Å². The van der Waals surface area contributed by atoms with Crippen LogP contribution >= 0.6 is 11.3 Å². The maximum atomic E-state index is 14.7. The van der Waals surface area contributed by atoms with E-state index in [9.17, 15) is 14.4 Å². The van der Waals surface area contributed by atoms with E-state index in [4.69, 9.17) is 18.9 Å². The number of aryl methyl sites for hydroxylation is 1. The zero-order valence-electron chi connectivity index (χ0n) is 26.7. The Balaban J connectivity index is 1.41. The average Bonchev–Trinajstić information content (AvgIpc) is 3.29. The van der Waals surface area contributed by atoms with Crippen LogP contribution in [0.15, 0.2) is 46.2 Å². The molecule has 4 atom stereocenters. The predicted molar refractivity (Wildman–Crippen MR) is 171 cm³/mol. The van der Waals surface area contributed by atoms with Crippen molar-refractivity contribution in [3.63, 3.8) is 0 Å². The largest absolute Gasteiger partial charge is 0.496 e. The molecule has 244 valence electrons. The monoisotopic (exact) mass is 649 g/mol. The van der Waals surface area contributed by atoms with Crippen LogP contribution in [0.5, 0.6) is 5.75 Å². The zero-order valence-corrected chi connectivity index (χ0v) is 27.5. The molecule has 7 rings (SSSR count). The number of esters is 1. The first-order valence-electron chi connectivity index (χ1n) is 15.8. The molecule has 3 fully saturated rings. The van der Waals surface area contributed by atoms with Gasteiger partial charge >= 0.3 is 11.7 Å². The highest BCUT2D eigenvalue weighted by Gasteiger charge is 2.56. The molecule has 2 bridgehead atoms. The molecule has 1 aromatic carbocycles. The fraction of sp³-hybridized carbons (Fsp3) is 0.545. The van der Waals surface area contributed by atoms with E-state index in [1.807, 2.05) is 31.2 Å². The number of carbonyl (C=O) groups is 1. The molecule has 46 heavy (non-hydrogen) atoms. The number of aromatic nitrogens is 5. The minimum Gasteiger partial charge on any atom is -0.496 e. The topological polar surface area (TPSA) is 129 Å². The normalized spacial score (nSPS) is 22.6. The number of hydrogen-bond acceptors (Lipinski definition) is 10. The highest BCUT2D eigenvalue weighted by atomic mass is 32.1. The van der Waals surface area contributed by atoms with Crippen molar-refractivity contribution in [3.8, 4) is 10.8 Å². The lowest BCUT2D eigenvalue weighted by atomic mass is 10.0. The summed E-state index contributed by atoms with van der Waals surface area (Å²) in [5.74, 6) is 0.0542. The van der Waals surface area contributed by atoms with Crippen LogP contribution in [0.3, 0.4) is 0 Å². The van der Waals surface area contributed by atoms with Gasteiger partial charge in [0.2, 0.25) is 0 Å². The van der Waals surface area contributed by atoms with Gasteiger partial charge in [0.1, 0.15) is 27.3 Å². The van der Waals surface area contributed by atoms with Crippen molar-refractivity contribution in [3.05, 3.63) is 68.6 Å². The Morgan fingerprint density at radius 2 is 1.78 bits per heavy atom. The van der Waals surface area contributed by atoms with E-state index in [0.717, 1.165) is 35.8 Å². The second-order valence-corrected chi connectivity index (χ2v) is 14.5. The average molecular weight is 650 g/mol. The first-order valence-corrected chi connectivity index (χ1v) is 16.6. The quantitative estimate of drug-likeness (QED) is 0.242. The van der Waals surface area contributed by atoms with E-state index in [2.05, 4.69) is 10.2 Å². The van der Waals surface area contributed by atoms with Crippen molar-refractivity contribution in [2.75, 3.05) is 7.11 Å². The van der Waals surface area contributed by atoms with Crippen LogP contribution in [0, 0.1) is 6.92 Å². The fourth-order valence-electron chi connectivity index (χ4n) is 6.86. The van der Waals surface area contributed by atoms with Gasteiger partial charge < -0.3 is 18.9 Å². The van der Waals surface area contributed by atoms with Crippen molar-refractivity contribution < 1.29 is 23.7 Å². The Morgan fingerprint density at radius 3 is 2.41 bits per heavy atom. The van der Waals surface area contributed by atoms with Gasteiger partial charge in [0, 0.05) is 11.1 Å². The standard InChI is InChI=1S/C33H39N5O7S/c1-19-26-27(39)37(33(12-13-33)30(40)45-32(2,3)4)31(41)36(29(26)46-28(19)38-34-14-15-35-38)18-25(23-8-6-7-9-24(23)42-5)44-22-16-20-10-11-21(17-22)43-20/h6-9,14-15,20-22,25H,10-13,16-18H2,1-5H3/t20-,21+,22+,25-/m0/s1. The third-order valence-corrected chi connectivity index (χ3v) is 10.4. The molecule has 5 heterocycles. The Bertz CT molecular complexity index is 1890. The molecule has 4 aromatic rings. The van der Waals surface area contributed by atoms with Crippen LogP contribution in [0.25, 0.3) is 15.2 Å². The van der Waals surface area contributed by atoms with E-state index in [1.165, 1.54) is 16.1 Å².